The van der Waals surface area contributed by atoms with E-state index in [1.54, 1.807) is 48.5 Å². The molecule has 0 aromatic heterocycles. The van der Waals surface area contributed by atoms with Crippen molar-refractivity contribution in [1.82, 2.24) is 0 Å². The third-order valence-corrected chi connectivity index (χ3v) is 2.44. The summed E-state index contributed by atoms with van der Waals surface area (Å²) in [7, 11) is -1.50. The smallest absolute Gasteiger partial charge is 0.463 e. The van der Waals surface area contributed by atoms with Crippen molar-refractivity contribution < 1.29 is 23.9 Å². The van der Waals surface area contributed by atoms with Crippen LogP contribution in [0.4, 0.5) is 4.39 Å². The SMILES string of the molecule is OB(O)c1ccc(Oc2cccc(OCF)c2)cc1. The highest BCUT2D eigenvalue weighted by atomic mass is 19.1. The van der Waals surface area contributed by atoms with Crippen molar-refractivity contribution >= 4 is 12.6 Å². The summed E-state index contributed by atoms with van der Waals surface area (Å²) in [6.45, 7) is -0.896. The van der Waals surface area contributed by atoms with Crippen molar-refractivity contribution in [1.29, 1.82) is 0 Å². The van der Waals surface area contributed by atoms with E-state index in [1.165, 1.54) is 0 Å². The Hall–Kier alpha value is -2.05. The maximum absolute atomic E-state index is 12.0. The molecule has 2 rings (SSSR count). The molecule has 0 radical (unpaired) electrons. The summed E-state index contributed by atoms with van der Waals surface area (Å²) in [5, 5.41) is 17.9. The number of hydrogen-bond acceptors (Lipinski definition) is 4. The van der Waals surface area contributed by atoms with E-state index in [2.05, 4.69) is 0 Å². The van der Waals surface area contributed by atoms with Gasteiger partial charge in [-0.1, -0.05) is 18.2 Å². The van der Waals surface area contributed by atoms with E-state index in [0.717, 1.165) is 0 Å². The molecule has 2 aromatic carbocycles. The lowest BCUT2D eigenvalue weighted by atomic mass is 9.80. The molecule has 2 N–H and O–H groups in total. The third-order valence-electron chi connectivity index (χ3n) is 2.44. The Morgan fingerprint density at radius 2 is 1.63 bits per heavy atom. The van der Waals surface area contributed by atoms with E-state index in [4.69, 9.17) is 19.5 Å². The molecule has 98 valence electrons. The maximum Gasteiger partial charge on any atom is 0.488 e. The predicted octanol–water partition coefficient (Wildman–Crippen LogP) is 1.46. The first-order chi connectivity index (χ1) is 9.19. The lowest BCUT2D eigenvalue weighted by Gasteiger charge is -2.08. The number of halogens is 1. The zero-order valence-corrected chi connectivity index (χ0v) is 9.99. The van der Waals surface area contributed by atoms with Crippen molar-refractivity contribution in [3.8, 4) is 17.2 Å². The number of ether oxygens (including phenoxy) is 2. The molecule has 0 bridgehead atoms. The monoisotopic (exact) mass is 262 g/mol. The first-order valence-corrected chi connectivity index (χ1v) is 5.62. The summed E-state index contributed by atoms with van der Waals surface area (Å²) in [4.78, 5) is 0. The Balaban J connectivity index is 2.10. The quantitative estimate of drug-likeness (QED) is 0.801. The number of benzene rings is 2. The Morgan fingerprint density at radius 1 is 0.947 bits per heavy atom. The molecule has 0 fully saturated rings. The van der Waals surface area contributed by atoms with Gasteiger partial charge in [0.05, 0.1) is 0 Å². The van der Waals surface area contributed by atoms with Crippen LogP contribution in [-0.2, 0) is 0 Å². The molecular weight excluding hydrogens is 250 g/mol. The topological polar surface area (TPSA) is 58.9 Å². The Kier molecular flexibility index (Phi) is 4.38. The van der Waals surface area contributed by atoms with Gasteiger partial charge in [0, 0.05) is 6.07 Å². The van der Waals surface area contributed by atoms with Gasteiger partial charge in [-0.15, -0.1) is 0 Å². The van der Waals surface area contributed by atoms with Crippen LogP contribution >= 0.6 is 0 Å². The highest BCUT2D eigenvalue weighted by molar-refractivity contribution is 6.58. The fraction of sp³-hybridized carbons (Fsp3) is 0.0769. The average Bonchev–Trinajstić information content (AvgIpc) is 2.40. The Bertz CT molecular complexity index is 530. The van der Waals surface area contributed by atoms with E-state index in [1.807, 2.05) is 0 Å². The van der Waals surface area contributed by atoms with E-state index < -0.39 is 14.0 Å². The molecule has 0 saturated heterocycles. The zero-order chi connectivity index (χ0) is 13.7. The lowest BCUT2D eigenvalue weighted by molar-refractivity contribution is 0.191. The molecule has 4 nitrogen and oxygen atoms in total. The highest BCUT2D eigenvalue weighted by Gasteiger charge is 2.10. The van der Waals surface area contributed by atoms with Gasteiger partial charge in [-0.25, -0.2) is 4.39 Å². The summed E-state index contributed by atoms with van der Waals surface area (Å²) in [5.41, 5.74) is 0.377. The molecule has 19 heavy (non-hydrogen) atoms. The van der Waals surface area contributed by atoms with Gasteiger partial charge in [-0.3, -0.25) is 0 Å². The summed E-state index contributed by atoms with van der Waals surface area (Å²) in [5.74, 6) is 1.41. The van der Waals surface area contributed by atoms with Gasteiger partial charge in [-0.05, 0) is 29.7 Å². The van der Waals surface area contributed by atoms with Crippen molar-refractivity contribution in [2.75, 3.05) is 6.86 Å². The van der Waals surface area contributed by atoms with Crippen molar-refractivity contribution in [3.63, 3.8) is 0 Å². The molecule has 2 aromatic rings. The van der Waals surface area contributed by atoms with Crippen LogP contribution in [0.2, 0.25) is 0 Å². The molecule has 0 aliphatic rings. The third kappa shape index (κ3) is 3.71. The summed E-state index contributed by atoms with van der Waals surface area (Å²) in [6.07, 6.45) is 0. The van der Waals surface area contributed by atoms with Crippen molar-refractivity contribution in [3.05, 3.63) is 48.5 Å². The minimum absolute atomic E-state index is 0.377. The molecule has 0 aliphatic carbocycles. The summed E-state index contributed by atoms with van der Waals surface area (Å²) in [6, 6.07) is 12.9. The minimum Gasteiger partial charge on any atom is -0.463 e. The van der Waals surface area contributed by atoms with Crippen LogP contribution in [0.25, 0.3) is 0 Å². The number of alkyl halides is 1. The molecule has 0 amide bonds. The average molecular weight is 262 g/mol. The van der Waals surface area contributed by atoms with Gasteiger partial charge in [0.15, 0.2) is 0 Å². The van der Waals surface area contributed by atoms with Crippen LogP contribution in [0.15, 0.2) is 48.5 Å². The second kappa shape index (κ2) is 6.22. The van der Waals surface area contributed by atoms with E-state index in [9.17, 15) is 4.39 Å². The normalized spacial score (nSPS) is 10.1. The number of rotatable bonds is 5. The van der Waals surface area contributed by atoms with E-state index in [-0.39, 0.29) is 0 Å². The fourth-order valence-corrected chi connectivity index (χ4v) is 1.53. The van der Waals surface area contributed by atoms with Crippen LogP contribution in [0.3, 0.4) is 0 Å². The standard InChI is InChI=1S/C13H12BFO4/c15-9-18-12-2-1-3-13(8-12)19-11-6-4-10(5-7-11)14(16)17/h1-8,16-17H,9H2. The molecule has 0 spiro atoms. The Morgan fingerprint density at radius 3 is 2.26 bits per heavy atom. The molecular formula is C13H12BFO4. The van der Waals surface area contributed by atoms with Gasteiger partial charge in [0.1, 0.15) is 17.2 Å². The van der Waals surface area contributed by atoms with Crippen LogP contribution < -0.4 is 14.9 Å². The Labute approximate surface area is 110 Å². The van der Waals surface area contributed by atoms with Crippen molar-refractivity contribution in [2.24, 2.45) is 0 Å². The molecule has 0 heterocycles. The zero-order valence-electron chi connectivity index (χ0n) is 9.99. The first kappa shape index (κ1) is 13.4. The molecule has 0 aliphatic heterocycles. The largest absolute Gasteiger partial charge is 0.488 e. The highest BCUT2D eigenvalue weighted by Crippen LogP contribution is 2.24. The van der Waals surface area contributed by atoms with Crippen LogP contribution in [0.5, 0.6) is 17.2 Å². The molecule has 0 atom stereocenters. The maximum atomic E-state index is 12.0. The van der Waals surface area contributed by atoms with E-state index >= 15 is 0 Å². The molecule has 0 saturated carbocycles. The second-order valence-electron chi connectivity index (χ2n) is 3.77. The second-order valence-corrected chi connectivity index (χ2v) is 3.77. The van der Waals surface area contributed by atoms with Crippen LogP contribution in [0.1, 0.15) is 0 Å². The minimum atomic E-state index is -1.50. The van der Waals surface area contributed by atoms with E-state index in [0.29, 0.717) is 22.7 Å². The molecule has 6 heteroatoms. The first-order valence-electron chi connectivity index (χ1n) is 5.62. The van der Waals surface area contributed by atoms with Gasteiger partial charge in [0.2, 0.25) is 6.86 Å². The summed E-state index contributed by atoms with van der Waals surface area (Å²) >= 11 is 0. The molecule has 0 unspecified atom stereocenters. The predicted molar refractivity (Wildman–Crippen MR) is 69.4 cm³/mol. The number of hydrogen-bond donors (Lipinski definition) is 2. The summed E-state index contributed by atoms with van der Waals surface area (Å²) < 4.78 is 22.3. The lowest BCUT2D eigenvalue weighted by Crippen LogP contribution is -2.29. The fourth-order valence-electron chi connectivity index (χ4n) is 1.53. The van der Waals surface area contributed by atoms with Gasteiger partial charge in [0.25, 0.3) is 0 Å². The van der Waals surface area contributed by atoms with Crippen molar-refractivity contribution in [2.45, 2.75) is 0 Å². The van der Waals surface area contributed by atoms with Gasteiger partial charge in [-0.2, -0.15) is 0 Å². The van der Waals surface area contributed by atoms with Crippen LogP contribution in [-0.4, -0.2) is 24.0 Å². The van der Waals surface area contributed by atoms with Gasteiger partial charge < -0.3 is 19.5 Å². The van der Waals surface area contributed by atoms with Gasteiger partial charge >= 0.3 is 7.12 Å². The van der Waals surface area contributed by atoms with Crippen LogP contribution in [0, 0.1) is 0 Å².